The van der Waals surface area contributed by atoms with E-state index in [1.165, 1.54) is 11.1 Å². The van der Waals surface area contributed by atoms with E-state index in [0.717, 1.165) is 18.4 Å². The Morgan fingerprint density at radius 3 is 2.73 bits per heavy atom. The number of nitrogens with two attached hydrogens (primary N) is 1. The lowest BCUT2D eigenvalue weighted by molar-refractivity contribution is 0.0974. The van der Waals surface area contributed by atoms with Crippen molar-refractivity contribution in [1.29, 1.82) is 0 Å². The highest BCUT2D eigenvalue weighted by molar-refractivity contribution is 6.00. The van der Waals surface area contributed by atoms with Crippen LogP contribution in [0, 0.1) is 0 Å². The van der Waals surface area contributed by atoms with Crippen LogP contribution in [0.1, 0.15) is 60.3 Å². The number of nitrogen functional groups attached to an aromatic ring is 1. The summed E-state index contributed by atoms with van der Waals surface area (Å²) in [5.74, 6) is 0.305. The fourth-order valence-corrected chi connectivity index (χ4v) is 3.79. The number of nitrogens with one attached hydrogen (secondary N) is 2. The summed E-state index contributed by atoms with van der Waals surface area (Å²) in [6, 6.07) is 11.3. The Kier molecular flexibility index (Phi) is 6.80. The van der Waals surface area contributed by atoms with E-state index in [0.29, 0.717) is 29.2 Å². The van der Waals surface area contributed by atoms with Gasteiger partial charge in [-0.25, -0.2) is 0 Å². The van der Waals surface area contributed by atoms with E-state index in [1.54, 1.807) is 25.1 Å². The van der Waals surface area contributed by atoms with Gasteiger partial charge in [-0.3, -0.25) is 4.79 Å². The zero-order valence-corrected chi connectivity index (χ0v) is 17.9. The van der Waals surface area contributed by atoms with Crippen molar-refractivity contribution in [3.8, 4) is 5.75 Å². The number of fused-ring (bicyclic) bond motifs is 1. The summed E-state index contributed by atoms with van der Waals surface area (Å²) in [5, 5.41) is 15.9. The summed E-state index contributed by atoms with van der Waals surface area (Å²) in [7, 11) is 0. The normalized spacial score (nSPS) is 16.2. The van der Waals surface area contributed by atoms with E-state index in [2.05, 4.69) is 23.3 Å². The molecule has 1 aliphatic rings. The number of aliphatic hydroxyl groups excluding tert-OH is 1. The van der Waals surface area contributed by atoms with Crippen LogP contribution in [0.5, 0.6) is 5.75 Å². The van der Waals surface area contributed by atoms with E-state index in [4.69, 9.17) is 10.5 Å². The average Bonchev–Trinajstić information content (AvgIpc) is 3.10. The van der Waals surface area contributed by atoms with Gasteiger partial charge in [0.05, 0.1) is 17.9 Å². The molecule has 1 unspecified atom stereocenters. The fraction of sp³-hybridized carbons (Fsp3) is 0.375. The van der Waals surface area contributed by atoms with Gasteiger partial charge in [0, 0.05) is 29.4 Å². The van der Waals surface area contributed by atoms with Crippen molar-refractivity contribution in [3.63, 3.8) is 0 Å². The Labute approximate surface area is 178 Å². The van der Waals surface area contributed by atoms with Crippen molar-refractivity contribution >= 4 is 17.3 Å². The number of anilines is 1. The standard InChI is InChI=1S/C24H31N3O3/c1-14(2)30-23-11-8-17(12-21(23)25)24(29)27-16(4)18-6-5-7-20-19(18)9-10-22(20)26-13-15(3)28/h5-8,11-12,14-15,22,26,28H,4,9-10,13,25H2,1-3H3,(H,27,29)/t15-,22?/m1/s1. The van der Waals surface area contributed by atoms with Crippen LogP contribution in [0.15, 0.2) is 43.0 Å². The first-order valence-corrected chi connectivity index (χ1v) is 10.4. The molecule has 6 heteroatoms. The molecule has 0 saturated carbocycles. The maximum atomic E-state index is 12.7. The first-order valence-electron chi connectivity index (χ1n) is 10.4. The Morgan fingerprint density at radius 2 is 2.07 bits per heavy atom. The van der Waals surface area contributed by atoms with E-state index in [-0.39, 0.29) is 18.1 Å². The Bertz CT molecular complexity index is 937. The van der Waals surface area contributed by atoms with E-state index in [9.17, 15) is 9.90 Å². The zero-order valence-electron chi connectivity index (χ0n) is 17.9. The lowest BCUT2D eigenvalue weighted by atomic mass is 10.00. The van der Waals surface area contributed by atoms with Gasteiger partial charge in [-0.05, 0) is 62.9 Å². The van der Waals surface area contributed by atoms with Crippen molar-refractivity contribution in [3.05, 3.63) is 65.2 Å². The minimum absolute atomic E-state index is 0.00540. The highest BCUT2D eigenvalue weighted by Gasteiger charge is 2.25. The fourth-order valence-electron chi connectivity index (χ4n) is 3.79. The van der Waals surface area contributed by atoms with Gasteiger partial charge in [-0.1, -0.05) is 24.8 Å². The molecule has 2 aromatic rings. The molecule has 30 heavy (non-hydrogen) atoms. The number of hydrogen-bond donors (Lipinski definition) is 4. The lowest BCUT2D eigenvalue weighted by Gasteiger charge is -2.17. The van der Waals surface area contributed by atoms with Gasteiger partial charge in [0.2, 0.25) is 0 Å². The molecule has 0 bridgehead atoms. The smallest absolute Gasteiger partial charge is 0.255 e. The molecule has 1 aliphatic carbocycles. The molecule has 0 heterocycles. The van der Waals surface area contributed by atoms with E-state index < -0.39 is 6.10 Å². The molecule has 2 atom stereocenters. The SMILES string of the molecule is C=C(NC(=O)c1ccc(OC(C)C)c(N)c1)c1cccc2c1CCC2NC[C@@H](C)O. The van der Waals surface area contributed by atoms with E-state index >= 15 is 0 Å². The van der Waals surface area contributed by atoms with Crippen LogP contribution >= 0.6 is 0 Å². The number of rotatable bonds is 8. The van der Waals surface area contributed by atoms with Gasteiger partial charge in [0.25, 0.3) is 5.91 Å². The van der Waals surface area contributed by atoms with Crippen molar-refractivity contribution < 1.29 is 14.6 Å². The van der Waals surface area contributed by atoms with Gasteiger partial charge < -0.3 is 26.2 Å². The number of carbonyl (C=O) groups is 1. The minimum atomic E-state index is -0.392. The molecule has 0 aliphatic heterocycles. The maximum Gasteiger partial charge on any atom is 0.255 e. The van der Waals surface area contributed by atoms with Crippen LogP contribution in [-0.2, 0) is 6.42 Å². The number of carbonyl (C=O) groups excluding carboxylic acids is 1. The molecule has 0 fully saturated rings. The van der Waals surface area contributed by atoms with Gasteiger partial charge in [-0.15, -0.1) is 0 Å². The predicted molar refractivity (Wildman–Crippen MR) is 120 cm³/mol. The summed E-state index contributed by atoms with van der Waals surface area (Å²) in [6.07, 6.45) is 1.46. The molecule has 160 valence electrons. The first-order chi connectivity index (χ1) is 14.3. The highest BCUT2D eigenvalue weighted by Crippen LogP contribution is 2.35. The van der Waals surface area contributed by atoms with Crippen molar-refractivity contribution in [2.75, 3.05) is 12.3 Å². The average molecular weight is 410 g/mol. The molecule has 0 aromatic heterocycles. The van der Waals surface area contributed by atoms with Crippen molar-refractivity contribution in [2.24, 2.45) is 0 Å². The molecule has 1 amide bonds. The molecular formula is C24H31N3O3. The van der Waals surface area contributed by atoms with Gasteiger partial charge >= 0.3 is 0 Å². The quantitative estimate of drug-likeness (QED) is 0.501. The van der Waals surface area contributed by atoms with Crippen molar-refractivity contribution in [1.82, 2.24) is 10.6 Å². The summed E-state index contributed by atoms with van der Waals surface area (Å²) in [6.45, 7) is 10.3. The summed E-state index contributed by atoms with van der Waals surface area (Å²) in [4.78, 5) is 12.7. The largest absolute Gasteiger partial charge is 0.489 e. The lowest BCUT2D eigenvalue weighted by Crippen LogP contribution is -2.27. The maximum absolute atomic E-state index is 12.7. The van der Waals surface area contributed by atoms with Crippen LogP contribution in [0.25, 0.3) is 5.70 Å². The second kappa shape index (κ2) is 9.32. The van der Waals surface area contributed by atoms with E-state index in [1.807, 2.05) is 26.0 Å². The molecular weight excluding hydrogens is 378 g/mol. The topological polar surface area (TPSA) is 96.6 Å². The predicted octanol–water partition coefficient (Wildman–Crippen LogP) is 3.41. The third-order valence-electron chi connectivity index (χ3n) is 5.15. The second-order valence-corrected chi connectivity index (χ2v) is 8.07. The summed E-state index contributed by atoms with van der Waals surface area (Å²) in [5.41, 5.74) is 10.8. The molecule has 0 radical (unpaired) electrons. The van der Waals surface area contributed by atoms with Crippen LogP contribution in [-0.4, -0.2) is 29.8 Å². The molecule has 6 nitrogen and oxygen atoms in total. The minimum Gasteiger partial charge on any atom is -0.489 e. The zero-order chi connectivity index (χ0) is 21.8. The molecule has 0 spiro atoms. The summed E-state index contributed by atoms with van der Waals surface area (Å²) >= 11 is 0. The van der Waals surface area contributed by atoms with Crippen LogP contribution < -0.4 is 21.1 Å². The summed E-state index contributed by atoms with van der Waals surface area (Å²) < 4.78 is 5.63. The number of ether oxygens (including phenoxy) is 1. The molecule has 5 N–H and O–H groups in total. The van der Waals surface area contributed by atoms with Crippen LogP contribution in [0.3, 0.4) is 0 Å². The van der Waals surface area contributed by atoms with Gasteiger partial charge in [0.15, 0.2) is 0 Å². The monoisotopic (exact) mass is 409 g/mol. The molecule has 0 saturated heterocycles. The third kappa shape index (κ3) is 5.01. The second-order valence-electron chi connectivity index (χ2n) is 8.07. The first kappa shape index (κ1) is 21.9. The van der Waals surface area contributed by atoms with Crippen molar-refractivity contribution in [2.45, 2.75) is 51.9 Å². The number of amides is 1. The van der Waals surface area contributed by atoms with Gasteiger partial charge in [0.1, 0.15) is 5.75 Å². The number of aliphatic hydroxyl groups is 1. The van der Waals surface area contributed by atoms with Crippen LogP contribution in [0.4, 0.5) is 5.69 Å². The van der Waals surface area contributed by atoms with Crippen LogP contribution in [0.2, 0.25) is 0 Å². The Morgan fingerprint density at radius 1 is 1.30 bits per heavy atom. The Balaban J connectivity index is 1.72. The Hall–Kier alpha value is -2.83. The number of hydrogen-bond acceptors (Lipinski definition) is 5. The van der Waals surface area contributed by atoms with Gasteiger partial charge in [-0.2, -0.15) is 0 Å². The molecule has 2 aromatic carbocycles. The third-order valence-corrected chi connectivity index (χ3v) is 5.15. The number of benzene rings is 2. The highest BCUT2D eigenvalue weighted by atomic mass is 16.5. The molecule has 3 rings (SSSR count).